The number of aryl methyl sites for hydroxylation is 1. The molecule has 1 aromatic carbocycles. The van der Waals surface area contributed by atoms with E-state index in [0.29, 0.717) is 12.5 Å². The van der Waals surface area contributed by atoms with Gasteiger partial charge in [0.2, 0.25) is 0 Å². The second-order valence-electron chi connectivity index (χ2n) is 5.86. The van der Waals surface area contributed by atoms with Gasteiger partial charge in [-0.15, -0.1) is 0 Å². The molecule has 0 bridgehead atoms. The lowest BCUT2D eigenvalue weighted by atomic mass is 9.82. The van der Waals surface area contributed by atoms with Gasteiger partial charge < -0.3 is 9.84 Å². The van der Waals surface area contributed by atoms with Gasteiger partial charge >= 0.3 is 0 Å². The van der Waals surface area contributed by atoms with E-state index in [1.165, 1.54) is 37.7 Å². The largest absolute Gasteiger partial charge is 0.386 e. The summed E-state index contributed by atoms with van der Waals surface area (Å²) in [6, 6.07) is 8.33. The average molecular weight is 276 g/mol. The van der Waals surface area contributed by atoms with Crippen LogP contribution in [0.1, 0.15) is 63.2 Å². The predicted octanol–water partition coefficient (Wildman–Crippen LogP) is 4.27. The van der Waals surface area contributed by atoms with E-state index in [1.807, 2.05) is 6.92 Å². The van der Waals surface area contributed by atoms with Crippen LogP contribution >= 0.6 is 0 Å². The Morgan fingerprint density at radius 2 is 1.75 bits per heavy atom. The minimum Gasteiger partial charge on any atom is -0.386 e. The molecule has 112 valence electrons. The SMILES string of the molecule is CCOC(C1CCCCC1)C(O)c1ccc(CC)cc1. The zero-order chi connectivity index (χ0) is 14.4. The number of hydrogen-bond donors (Lipinski definition) is 1. The summed E-state index contributed by atoms with van der Waals surface area (Å²) in [4.78, 5) is 0. The smallest absolute Gasteiger partial charge is 0.105 e. The van der Waals surface area contributed by atoms with E-state index >= 15 is 0 Å². The lowest BCUT2D eigenvalue weighted by molar-refractivity contribution is -0.0739. The third-order valence-electron chi connectivity index (χ3n) is 4.51. The highest BCUT2D eigenvalue weighted by molar-refractivity contribution is 5.25. The lowest BCUT2D eigenvalue weighted by Crippen LogP contribution is -2.32. The Morgan fingerprint density at radius 3 is 2.30 bits per heavy atom. The topological polar surface area (TPSA) is 29.5 Å². The molecule has 0 aromatic heterocycles. The van der Waals surface area contributed by atoms with Crippen molar-refractivity contribution in [3.63, 3.8) is 0 Å². The third-order valence-corrected chi connectivity index (χ3v) is 4.51. The Morgan fingerprint density at radius 1 is 1.10 bits per heavy atom. The van der Waals surface area contributed by atoms with Crippen LogP contribution in [-0.2, 0) is 11.2 Å². The van der Waals surface area contributed by atoms with Crippen molar-refractivity contribution in [2.45, 2.75) is 64.6 Å². The van der Waals surface area contributed by atoms with Crippen molar-refractivity contribution in [2.24, 2.45) is 5.92 Å². The van der Waals surface area contributed by atoms with Crippen molar-refractivity contribution >= 4 is 0 Å². The molecule has 2 unspecified atom stereocenters. The predicted molar refractivity (Wildman–Crippen MR) is 82.8 cm³/mol. The number of ether oxygens (including phenoxy) is 1. The molecule has 2 atom stereocenters. The first kappa shape index (κ1) is 15.5. The Hall–Kier alpha value is -0.860. The maximum Gasteiger partial charge on any atom is 0.105 e. The van der Waals surface area contributed by atoms with Gasteiger partial charge in [0.15, 0.2) is 0 Å². The zero-order valence-corrected chi connectivity index (χ0v) is 12.8. The Balaban J connectivity index is 2.09. The van der Waals surface area contributed by atoms with Crippen LogP contribution in [0.15, 0.2) is 24.3 Å². The Bertz CT molecular complexity index is 379. The number of aliphatic hydroxyl groups is 1. The van der Waals surface area contributed by atoms with Gasteiger partial charge in [0.1, 0.15) is 6.10 Å². The number of hydrogen-bond acceptors (Lipinski definition) is 2. The maximum atomic E-state index is 10.7. The van der Waals surface area contributed by atoms with Gasteiger partial charge in [-0.3, -0.25) is 0 Å². The molecule has 1 N–H and O–H groups in total. The molecular formula is C18H28O2. The van der Waals surface area contributed by atoms with Crippen molar-refractivity contribution in [1.82, 2.24) is 0 Å². The number of rotatable bonds is 6. The van der Waals surface area contributed by atoms with Crippen molar-refractivity contribution in [3.8, 4) is 0 Å². The number of benzene rings is 1. The van der Waals surface area contributed by atoms with Gasteiger partial charge in [0, 0.05) is 6.61 Å². The normalized spacial score (nSPS) is 19.8. The summed E-state index contributed by atoms with van der Waals surface area (Å²) in [6.45, 7) is 4.84. The molecule has 1 fully saturated rings. The molecule has 2 nitrogen and oxygen atoms in total. The maximum absolute atomic E-state index is 10.7. The van der Waals surface area contributed by atoms with E-state index in [2.05, 4.69) is 31.2 Å². The van der Waals surface area contributed by atoms with Gasteiger partial charge in [0.05, 0.1) is 6.10 Å². The van der Waals surface area contributed by atoms with Crippen LogP contribution in [0, 0.1) is 5.92 Å². The fraction of sp³-hybridized carbons (Fsp3) is 0.667. The van der Waals surface area contributed by atoms with Crippen LogP contribution in [0.25, 0.3) is 0 Å². The minimum absolute atomic E-state index is 0.0484. The molecule has 2 rings (SSSR count). The van der Waals surface area contributed by atoms with Gasteiger partial charge in [-0.1, -0.05) is 50.5 Å². The molecule has 20 heavy (non-hydrogen) atoms. The molecule has 0 saturated heterocycles. The highest BCUT2D eigenvalue weighted by Crippen LogP contribution is 2.34. The summed E-state index contributed by atoms with van der Waals surface area (Å²) < 4.78 is 5.90. The van der Waals surface area contributed by atoms with Crippen LogP contribution in [0.5, 0.6) is 0 Å². The van der Waals surface area contributed by atoms with Gasteiger partial charge in [0.25, 0.3) is 0 Å². The molecule has 0 spiro atoms. The van der Waals surface area contributed by atoms with Gasteiger partial charge in [-0.2, -0.15) is 0 Å². The van der Waals surface area contributed by atoms with E-state index < -0.39 is 6.10 Å². The molecule has 0 aliphatic heterocycles. The fourth-order valence-electron chi connectivity index (χ4n) is 3.28. The van der Waals surface area contributed by atoms with Crippen LogP contribution in [-0.4, -0.2) is 17.8 Å². The second kappa shape index (κ2) is 7.80. The van der Waals surface area contributed by atoms with Gasteiger partial charge in [-0.25, -0.2) is 0 Å². The zero-order valence-electron chi connectivity index (χ0n) is 12.8. The lowest BCUT2D eigenvalue weighted by Gasteiger charge is -2.33. The van der Waals surface area contributed by atoms with E-state index in [4.69, 9.17) is 4.74 Å². The standard InChI is InChI=1S/C18H28O2/c1-3-14-10-12-15(13-11-14)17(19)18(20-4-2)16-8-6-5-7-9-16/h10-13,16-19H,3-9H2,1-2H3. The van der Waals surface area contributed by atoms with Crippen molar-refractivity contribution in [3.05, 3.63) is 35.4 Å². The summed E-state index contributed by atoms with van der Waals surface area (Å²) >= 11 is 0. The summed E-state index contributed by atoms with van der Waals surface area (Å²) in [5, 5.41) is 10.7. The molecule has 1 aliphatic rings. The molecule has 2 heteroatoms. The molecule has 0 radical (unpaired) electrons. The van der Waals surface area contributed by atoms with Gasteiger partial charge in [-0.05, 0) is 43.2 Å². The Kier molecular flexibility index (Phi) is 6.06. The fourth-order valence-corrected chi connectivity index (χ4v) is 3.28. The van der Waals surface area contributed by atoms with E-state index in [1.54, 1.807) is 0 Å². The molecule has 1 aliphatic carbocycles. The van der Waals surface area contributed by atoms with Crippen molar-refractivity contribution < 1.29 is 9.84 Å². The summed E-state index contributed by atoms with van der Waals surface area (Å²) in [6.07, 6.45) is 6.75. The quantitative estimate of drug-likeness (QED) is 0.841. The average Bonchev–Trinajstić information content (AvgIpc) is 2.53. The van der Waals surface area contributed by atoms with Crippen LogP contribution in [0.3, 0.4) is 0 Å². The second-order valence-corrected chi connectivity index (χ2v) is 5.86. The summed E-state index contributed by atoms with van der Waals surface area (Å²) in [7, 11) is 0. The van der Waals surface area contributed by atoms with Crippen molar-refractivity contribution in [2.75, 3.05) is 6.61 Å². The first-order chi connectivity index (χ1) is 9.76. The highest BCUT2D eigenvalue weighted by Gasteiger charge is 2.30. The molecule has 0 heterocycles. The first-order valence-corrected chi connectivity index (χ1v) is 8.14. The summed E-state index contributed by atoms with van der Waals surface area (Å²) in [5.74, 6) is 0.504. The Labute approximate surface area is 123 Å². The monoisotopic (exact) mass is 276 g/mol. The molecule has 1 saturated carbocycles. The van der Waals surface area contributed by atoms with E-state index in [9.17, 15) is 5.11 Å². The molecule has 0 amide bonds. The summed E-state index contributed by atoms with van der Waals surface area (Å²) in [5.41, 5.74) is 2.30. The number of aliphatic hydroxyl groups excluding tert-OH is 1. The van der Waals surface area contributed by atoms with Crippen LogP contribution < -0.4 is 0 Å². The molecule has 1 aromatic rings. The third kappa shape index (κ3) is 3.83. The minimum atomic E-state index is -0.496. The van der Waals surface area contributed by atoms with E-state index in [0.717, 1.165) is 12.0 Å². The molecular weight excluding hydrogens is 248 g/mol. The van der Waals surface area contributed by atoms with E-state index in [-0.39, 0.29) is 6.10 Å². The van der Waals surface area contributed by atoms with Crippen LogP contribution in [0.2, 0.25) is 0 Å². The van der Waals surface area contributed by atoms with Crippen LogP contribution in [0.4, 0.5) is 0 Å². The first-order valence-electron chi connectivity index (χ1n) is 8.14. The van der Waals surface area contributed by atoms with Crippen molar-refractivity contribution in [1.29, 1.82) is 0 Å². The highest BCUT2D eigenvalue weighted by atomic mass is 16.5.